The first kappa shape index (κ1) is 21.7. The molecular formula is C25H21ClN4OS. The summed E-state index contributed by atoms with van der Waals surface area (Å²) in [7, 11) is 0. The van der Waals surface area contributed by atoms with Gasteiger partial charge in [-0.2, -0.15) is 0 Å². The van der Waals surface area contributed by atoms with Crippen LogP contribution in [0.2, 0.25) is 5.02 Å². The highest BCUT2D eigenvalue weighted by Gasteiger charge is 2.15. The van der Waals surface area contributed by atoms with Crippen molar-refractivity contribution in [3.8, 4) is 0 Å². The Labute approximate surface area is 195 Å². The van der Waals surface area contributed by atoms with Crippen LogP contribution in [0.3, 0.4) is 0 Å². The van der Waals surface area contributed by atoms with Crippen LogP contribution in [-0.2, 0) is 4.79 Å². The summed E-state index contributed by atoms with van der Waals surface area (Å²) >= 11 is 7.40. The number of amides is 1. The van der Waals surface area contributed by atoms with Crippen molar-refractivity contribution in [2.24, 2.45) is 0 Å². The lowest BCUT2D eigenvalue weighted by atomic mass is 9.91. The lowest BCUT2D eigenvalue weighted by molar-refractivity contribution is -0.111. The van der Waals surface area contributed by atoms with E-state index in [1.807, 2.05) is 54.6 Å². The summed E-state index contributed by atoms with van der Waals surface area (Å²) in [6.07, 6.45) is 3.10. The number of hydrogen-bond donors (Lipinski definition) is 2. The van der Waals surface area contributed by atoms with Gasteiger partial charge in [-0.25, -0.2) is 0 Å². The van der Waals surface area contributed by atoms with Crippen LogP contribution in [0.5, 0.6) is 0 Å². The van der Waals surface area contributed by atoms with Gasteiger partial charge in [0, 0.05) is 23.6 Å². The molecule has 0 spiro atoms. The molecule has 0 atom stereocenters. The summed E-state index contributed by atoms with van der Waals surface area (Å²) in [5.74, 6) is -0.128. The summed E-state index contributed by atoms with van der Waals surface area (Å²) < 4.78 is 0. The van der Waals surface area contributed by atoms with E-state index in [-0.39, 0.29) is 11.8 Å². The van der Waals surface area contributed by atoms with E-state index in [9.17, 15) is 4.79 Å². The number of anilines is 2. The average molecular weight is 461 g/mol. The number of benzene rings is 3. The molecule has 160 valence electrons. The molecule has 0 radical (unpaired) electrons. The van der Waals surface area contributed by atoms with Gasteiger partial charge in [0.2, 0.25) is 16.2 Å². The molecule has 1 amide bonds. The van der Waals surface area contributed by atoms with Gasteiger partial charge in [0.05, 0.1) is 0 Å². The van der Waals surface area contributed by atoms with Crippen molar-refractivity contribution in [3.05, 3.63) is 113 Å². The summed E-state index contributed by atoms with van der Waals surface area (Å²) in [5.41, 5.74) is 3.21. The van der Waals surface area contributed by atoms with Crippen LogP contribution in [0.1, 0.15) is 22.6 Å². The zero-order valence-electron chi connectivity index (χ0n) is 17.1. The second-order valence-electron chi connectivity index (χ2n) is 7.01. The monoisotopic (exact) mass is 460 g/mol. The third-order valence-electron chi connectivity index (χ3n) is 4.84. The van der Waals surface area contributed by atoms with Crippen molar-refractivity contribution >= 4 is 45.2 Å². The molecule has 5 nitrogen and oxygen atoms in total. The second kappa shape index (κ2) is 10.7. The lowest BCUT2D eigenvalue weighted by Crippen LogP contribution is -2.14. The Balaban J connectivity index is 1.39. The highest BCUT2D eigenvalue weighted by atomic mass is 35.5. The number of hydrogen-bond acceptors (Lipinski definition) is 5. The molecule has 0 aliphatic carbocycles. The molecule has 0 unspecified atom stereocenters. The molecule has 32 heavy (non-hydrogen) atoms. The first-order chi connectivity index (χ1) is 15.7. The van der Waals surface area contributed by atoms with E-state index in [1.54, 1.807) is 12.1 Å². The minimum Gasteiger partial charge on any atom is -0.359 e. The summed E-state index contributed by atoms with van der Waals surface area (Å²) in [6, 6.07) is 28.0. The normalized spacial score (nSPS) is 11.1. The zero-order valence-corrected chi connectivity index (χ0v) is 18.7. The van der Waals surface area contributed by atoms with E-state index in [1.165, 1.54) is 28.5 Å². The van der Waals surface area contributed by atoms with Crippen LogP contribution >= 0.6 is 22.9 Å². The van der Waals surface area contributed by atoms with Gasteiger partial charge in [-0.3, -0.25) is 10.1 Å². The molecule has 0 fully saturated rings. The van der Waals surface area contributed by atoms with Crippen molar-refractivity contribution < 1.29 is 4.79 Å². The minimum absolute atomic E-state index is 0.165. The van der Waals surface area contributed by atoms with Crippen LogP contribution in [-0.4, -0.2) is 22.6 Å². The SMILES string of the molecule is O=C(/C=C/c1ccccc1Cl)Nc1nnc(NCC(c2ccccc2)c2ccccc2)s1. The molecule has 3 aromatic carbocycles. The number of nitrogens with zero attached hydrogens (tertiary/aromatic N) is 2. The van der Waals surface area contributed by atoms with Crippen molar-refractivity contribution in [2.75, 3.05) is 17.2 Å². The molecule has 0 saturated carbocycles. The Morgan fingerprint density at radius 2 is 1.47 bits per heavy atom. The highest BCUT2D eigenvalue weighted by Crippen LogP contribution is 2.27. The first-order valence-corrected chi connectivity index (χ1v) is 11.3. The van der Waals surface area contributed by atoms with Gasteiger partial charge in [-0.1, -0.05) is 102 Å². The Hall–Kier alpha value is -3.48. The second-order valence-corrected chi connectivity index (χ2v) is 8.40. The van der Waals surface area contributed by atoms with Crippen molar-refractivity contribution in [1.29, 1.82) is 0 Å². The molecule has 0 aliphatic heterocycles. The fourth-order valence-corrected chi connectivity index (χ4v) is 4.11. The molecule has 0 aliphatic rings. The molecule has 4 aromatic rings. The maximum Gasteiger partial charge on any atom is 0.250 e. The molecule has 0 bridgehead atoms. The topological polar surface area (TPSA) is 66.9 Å². The largest absolute Gasteiger partial charge is 0.359 e. The van der Waals surface area contributed by atoms with Crippen molar-refractivity contribution in [1.82, 2.24) is 10.2 Å². The number of nitrogens with one attached hydrogen (secondary N) is 2. The maximum atomic E-state index is 12.2. The van der Waals surface area contributed by atoms with E-state index < -0.39 is 0 Å². The Bertz CT molecular complexity index is 1160. The molecule has 0 saturated heterocycles. The van der Waals surface area contributed by atoms with Crippen molar-refractivity contribution in [3.63, 3.8) is 0 Å². The zero-order chi connectivity index (χ0) is 22.2. The third kappa shape index (κ3) is 5.81. The quantitative estimate of drug-likeness (QED) is 0.312. The Kier molecular flexibility index (Phi) is 7.27. The molecule has 1 aromatic heterocycles. The van der Waals surface area contributed by atoms with Gasteiger partial charge < -0.3 is 5.32 Å². The van der Waals surface area contributed by atoms with Gasteiger partial charge in [-0.15, -0.1) is 10.2 Å². The molecule has 1 heterocycles. The first-order valence-electron chi connectivity index (χ1n) is 10.1. The minimum atomic E-state index is -0.293. The summed E-state index contributed by atoms with van der Waals surface area (Å²) in [4.78, 5) is 12.2. The number of halogens is 1. The van der Waals surface area contributed by atoms with E-state index in [4.69, 9.17) is 11.6 Å². The lowest BCUT2D eigenvalue weighted by Gasteiger charge is -2.18. The highest BCUT2D eigenvalue weighted by molar-refractivity contribution is 7.19. The predicted octanol–water partition coefficient (Wildman–Crippen LogP) is 6.09. The number of carbonyl (C=O) groups excluding carboxylic acids is 1. The predicted molar refractivity (Wildman–Crippen MR) is 132 cm³/mol. The Morgan fingerprint density at radius 3 is 2.12 bits per heavy atom. The van der Waals surface area contributed by atoms with Crippen LogP contribution in [0.4, 0.5) is 10.3 Å². The number of aromatic nitrogens is 2. The number of carbonyl (C=O) groups is 1. The van der Waals surface area contributed by atoms with Gasteiger partial charge in [0.15, 0.2) is 0 Å². The summed E-state index contributed by atoms with van der Waals surface area (Å²) in [5, 5.41) is 16.0. The van der Waals surface area contributed by atoms with E-state index >= 15 is 0 Å². The maximum absolute atomic E-state index is 12.2. The van der Waals surface area contributed by atoms with Crippen LogP contribution < -0.4 is 10.6 Å². The average Bonchev–Trinajstić information content (AvgIpc) is 3.27. The molecule has 4 rings (SSSR count). The van der Waals surface area contributed by atoms with Gasteiger partial charge in [0.25, 0.3) is 0 Å². The van der Waals surface area contributed by atoms with Crippen molar-refractivity contribution in [2.45, 2.75) is 5.92 Å². The van der Waals surface area contributed by atoms with Crippen LogP contribution in [0, 0.1) is 0 Å². The molecule has 7 heteroatoms. The standard InChI is InChI=1S/C25H21ClN4OS/c26-22-14-8-7-13-20(22)15-16-23(31)28-25-30-29-24(32-25)27-17-21(18-9-3-1-4-10-18)19-11-5-2-6-12-19/h1-16,21H,17H2,(H,27,29)(H,28,30,31)/b16-15+. The van der Waals surface area contributed by atoms with E-state index in [2.05, 4.69) is 45.1 Å². The molecular weight excluding hydrogens is 440 g/mol. The van der Waals surface area contributed by atoms with Crippen LogP contribution in [0.15, 0.2) is 91.0 Å². The van der Waals surface area contributed by atoms with E-state index in [0.717, 1.165) is 5.56 Å². The van der Waals surface area contributed by atoms with E-state index in [0.29, 0.717) is 21.8 Å². The summed E-state index contributed by atoms with van der Waals surface area (Å²) in [6.45, 7) is 0.656. The van der Waals surface area contributed by atoms with Crippen LogP contribution in [0.25, 0.3) is 6.08 Å². The fourth-order valence-electron chi connectivity index (χ4n) is 3.26. The number of rotatable bonds is 8. The van der Waals surface area contributed by atoms with Gasteiger partial charge in [0.1, 0.15) is 0 Å². The smallest absolute Gasteiger partial charge is 0.250 e. The third-order valence-corrected chi connectivity index (χ3v) is 5.98. The fraction of sp³-hybridized carbons (Fsp3) is 0.0800. The Morgan fingerprint density at radius 1 is 0.875 bits per heavy atom. The molecule has 2 N–H and O–H groups in total. The van der Waals surface area contributed by atoms with Gasteiger partial charge >= 0.3 is 0 Å². The van der Waals surface area contributed by atoms with Gasteiger partial charge in [-0.05, 0) is 28.8 Å².